The molecular formula is C27H25ClN2O4S. The number of carbonyl (C=O) groups is 3. The van der Waals surface area contributed by atoms with Crippen molar-refractivity contribution in [3.05, 3.63) is 100 Å². The van der Waals surface area contributed by atoms with E-state index in [1.807, 2.05) is 35.2 Å². The second-order valence-electron chi connectivity index (χ2n) is 7.98. The average Bonchev–Trinajstić information content (AvgIpc) is 3.23. The lowest BCUT2D eigenvalue weighted by atomic mass is 10.1. The second kappa shape index (κ2) is 11.4. The number of thioether (sulfide) groups is 1. The average molecular weight is 509 g/mol. The van der Waals surface area contributed by atoms with Gasteiger partial charge >= 0.3 is 5.97 Å². The number of carbonyl (C=O) groups excluding carboxylic acids is 3. The molecule has 1 aliphatic rings. The van der Waals surface area contributed by atoms with E-state index in [4.69, 9.17) is 16.3 Å². The fourth-order valence-corrected chi connectivity index (χ4v) is 5.31. The van der Waals surface area contributed by atoms with E-state index < -0.39 is 5.97 Å². The first-order chi connectivity index (χ1) is 17.0. The molecule has 1 atom stereocenters. The zero-order valence-electron chi connectivity index (χ0n) is 19.2. The number of rotatable bonds is 8. The van der Waals surface area contributed by atoms with Crippen LogP contribution in [0, 0.1) is 0 Å². The van der Waals surface area contributed by atoms with Crippen molar-refractivity contribution in [2.45, 2.75) is 18.7 Å². The van der Waals surface area contributed by atoms with Crippen LogP contribution < -0.4 is 5.32 Å². The van der Waals surface area contributed by atoms with Crippen LogP contribution in [-0.2, 0) is 16.0 Å². The van der Waals surface area contributed by atoms with Crippen molar-refractivity contribution in [3.63, 3.8) is 0 Å². The molecule has 0 radical (unpaired) electrons. The monoisotopic (exact) mass is 508 g/mol. The van der Waals surface area contributed by atoms with Crippen LogP contribution in [0.3, 0.4) is 0 Å². The molecule has 3 aromatic carbocycles. The molecule has 0 aliphatic carbocycles. The number of halogens is 1. The third kappa shape index (κ3) is 6.05. The molecule has 2 amide bonds. The van der Waals surface area contributed by atoms with Crippen LogP contribution in [0.5, 0.6) is 0 Å². The molecule has 1 fully saturated rings. The number of hydrogen-bond acceptors (Lipinski definition) is 5. The number of amides is 2. The molecular weight excluding hydrogens is 484 g/mol. The molecule has 0 spiro atoms. The normalized spacial score (nSPS) is 15.2. The van der Waals surface area contributed by atoms with Gasteiger partial charge in [-0.1, -0.05) is 54.1 Å². The van der Waals surface area contributed by atoms with Crippen molar-refractivity contribution in [1.82, 2.24) is 4.90 Å². The third-order valence-corrected chi connectivity index (χ3v) is 7.20. The van der Waals surface area contributed by atoms with Crippen LogP contribution >= 0.6 is 23.4 Å². The Hall–Kier alpha value is -3.29. The molecule has 0 unspecified atom stereocenters. The Labute approximate surface area is 213 Å². The molecule has 35 heavy (non-hydrogen) atoms. The highest BCUT2D eigenvalue weighted by Gasteiger charge is 2.32. The smallest absolute Gasteiger partial charge is 0.339 e. The minimum absolute atomic E-state index is 0.0717. The minimum Gasteiger partial charge on any atom is -0.462 e. The zero-order chi connectivity index (χ0) is 24.8. The van der Waals surface area contributed by atoms with Gasteiger partial charge in [-0.05, 0) is 54.8 Å². The first-order valence-electron chi connectivity index (χ1n) is 11.3. The summed E-state index contributed by atoms with van der Waals surface area (Å²) in [6, 6.07) is 22.0. The lowest BCUT2D eigenvalue weighted by Crippen LogP contribution is -2.30. The Kier molecular flexibility index (Phi) is 8.10. The van der Waals surface area contributed by atoms with Gasteiger partial charge in [-0.2, -0.15) is 0 Å². The van der Waals surface area contributed by atoms with Crippen LogP contribution in [-0.4, -0.2) is 41.6 Å². The minimum atomic E-state index is -0.507. The Morgan fingerprint density at radius 3 is 2.51 bits per heavy atom. The van der Waals surface area contributed by atoms with Crippen LogP contribution in [0.4, 0.5) is 5.69 Å². The summed E-state index contributed by atoms with van der Waals surface area (Å²) in [7, 11) is 0. The first kappa shape index (κ1) is 24.8. The van der Waals surface area contributed by atoms with Gasteiger partial charge in [0.2, 0.25) is 5.91 Å². The van der Waals surface area contributed by atoms with Crippen molar-refractivity contribution in [2.24, 2.45) is 0 Å². The van der Waals surface area contributed by atoms with Gasteiger partial charge < -0.3 is 15.0 Å². The van der Waals surface area contributed by atoms with Crippen molar-refractivity contribution in [1.29, 1.82) is 0 Å². The molecule has 3 aromatic rings. The van der Waals surface area contributed by atoms with Crippen molar-refractivity contribution in [2.75, 3.05) is 24.2 Å². The highest BCUT2D eigenvalue weighted by atomic mass is 35.5. The second-order valence-corrected chi connectivity index (χ2v) is 9.45. The Morgan fingerprint density at radius 1 is 1.09 bits per heavy atom. The summed E-state index contributed by atoms with van der Waals surface area (Å²) in [6.45, 7) is 2.62. The third-order valence-electron chi connectivity index (χ3n) is 5.63. The fourth-order valence-electron chi connectivity index (χ4n) is 3.84. The quantitative estimate of drug-likeness (QED) is 0.402. The van der Waals surface area contributed by atoms with Gasteiger partial charge in [-0.25, -0.2) is 4.79 Å². The predicted molar refractivity (Wildman–Crippen MR) is 139 cm³/mol. The Balaban J connectivity index is 1.40. The van der Waals surface area contributed by atoms with E-state index in [1.54, 1.807) is 36.9 Å². The number of nitrogens with one attached hydrogen (secondary N) is 1. The van der Waals surface area contributed by atoms with E-state index in [0.29, 0.717) is 23.5 Å². The summed E-state index contributed by atoms with van der Waals surface area (Å²) in [5, 5.41) is 2.93. The van der Waals surface area contributed by atoms with E-state index in [9.17, 15) is 14.4 Å². The molecule has 1 heterocycles. The Morgan fingerprint density at radius 2 is 1.83 bits per heavy atom. The summed E-state index contributed by atoms with van der Waals surface area (Å²) in [6.07, 6.45) is 0.793. The fraction of sp³-hybridized carbons (Fsp3) is 0.222. The molecule has 0 aromatic heterocycles. The summed E-state index contributed by atoms with van der Waals surface area (Å²) < 4.78 is 4.97. The molecule has 0 saturated carbocycles. The molecule has 4 rings (SSSR count). The molecule has 1 saturated heterocycles. The number of ether oxygens (including phenoxy) is 1. The highest BCUT2D eigenvalue weighted by Crippen LogP contribution is 2.38. The lowest BCUT2D eigenvalue weighted by Gasteiger charge is -2.24. The molecule has 6 nitrogen and oxygen atoms in total. The van der Waals surface area contributed by atoms with Crippen molar-refractivity contribution >= 4 is 46.8 Å². The van der Waals surface area contributed by atoms with Crippen molar-refractivity contribution < 1.29 is 19.1 Å². The maximum absolute atomic E-state index is 12.7. The maximum atomic E-state index is 12.7. The highest BCUT2D eigenvalue weighted by molar-refractivity contribution is 8.00. The number of benzene rings is 3. The molecule has 1 aliphatic heterocycles. The van der Waals surface area contributed by atoms with E-state index in [2.05, 4.69) is 17.4 Å². The van der Waals surface area contributed by atoms with E-state index in [0.717, 1.165) is 12.0 Å². The topological polar surface area (TPSA) is 75.7 Å². The SMILES string of the molecule is CCOC(=O)c1ccc(NC(=O)c2ccc([C@H]3SCC(=O)N3CCc3ccccc3)cc2)cc1Cl. The summed E-state index contributed by atoms with van der Waals surface area (Å²) in [4.78, 5) is 39.0. The van der Waals surface area contributed by atoms with Crippen LogP contribution in [0.15, 0.2) is 72.8 Å². The number of esters is 1. The van der Waals surface area contributed by atoms with E-state index in [-0.39, 0.29) is 34.4 Å². The molecule has 8 heteroatoms. The molecule has 180 valence electrons. The maximum Gasteiger partial charge on any atom is 0.339 e. The van der Waals surface area contributed by atoms with Gasteiger partial charge in [0.1, 0.15) is 5.37 Å². The summed E-state index contributed by atoms with van der Waals surface area (Å²) in [5.74, 6) is -0.231. The summed E-state index contributed by atoms with van der Waals surface area (Å²) in [5.41, 5.74) is 3.37. The van der Waals surface area contributed by atoms with Gasteiger partial charge in [-0.3, -0.25) is 9.59 Å². The largest absolute Gasteiger partial charge is 0.462 e. The van der Waals surface area contributed by atoms with E-state index in [1.165, 1.54) is 17.7 Å². The number of nitrogens with zero attached hydrogens (tertiary/aromatic N) is 1. The van der Waals surface area contributed by atoms with Gasteiger partial charge in [-0.15, -0.1) is 11.8 Å². The lowest BCUT2D eigenvalue weighted by molar-refractivity contribution is -0.128. The number of anilines is 1. The number of hydrogen-bond donors (Lipinski definition) is 1. The van der Waals surface area contributed by atoms with Gasteiger partial charge in [0.15, 0.2) is 0 Å². The van der Waals surface area contributed by atoms with Crippen molar-refractivity contribution in [3.8, 4) is 0 Å². The standard InChI is InChI=1S/C27H25ClN2O4S/c1-2-34-27(33)22-13-12-21(16-23(22)28)29-25(32)19-8-10-20(11-9-19)26-30(24(31)17-35-26)15-14-18-6-4-3-5-7-18/h3-13,16,26H,2,14-15,17H2,1H3,(H,29,32)/t26-/m1/s1. The van der Waals surface area contributed by atoms with Gasteiger partial charge in [0.25, 0.3) is 5.91 Å². The van der Waals surface area contributed by atoms with Crippen LogP contribution in [0.25, 0.3) is 0 Å². The summed E-state index contributed by atoms with van der Waals surface area (Å²) >= 11 is 7.78. The van der Waals surface area contributed by atoms with E-state index >= 15 is 0 Å². The van der Waals surface area contributed by atoms with Gasteiger partial charge in [0, 0.05) is 17.8 Å². The molecule has 0 bridgehead atoms. The molecule has 1 N–H and O–H groups in total. The van der Waals surface area contributed by atoms with Gasteiger partial charge in [0.05, 0.1) is 22.9 Å². The first-order valence-corrected chi connectivity index (χ1v) is 12.7. The zero-order valence-corrected chi connectivity index (χ0v) is 20.8. The Bertz CT molecular complexity index is 1220. The van der Waals surface area contributed by atoms with Crippen LogP contribution in [0.2, 0.25) is 5.02 Å². The predicted octanol–water partition coefficient (Wildman–Crippen LogP) is 5.59. The van der Waals surface area contributed by atoms with Crippen LogP contribution in [0.1, 0.15) is 44.1 Å².